The maximum absolute atomic E-state index is 5.72. The largest absolute Gasteiger partial charge is 0.388 e. The van der Waals surface area contributed by atoms with Gasteiger partial charge in [-0.25, -0.2) is 4.98 Å². The van der Waals surface area contributed by atoms with Crippen LogP contribution in [0.3, 0.4) is 0 Å². The third kappa shape index (κ3) is 1.91. The van der Waals surface area contributed by atoms with E-state index in [2.05, 4.69) is 46.7 Å². The molecule has 0 saturated carbocycles. The minimum atomic E-state index is 0.618. The van der Waals surface area contributed by atoms with Gasteiger partial charge in [0.05, 0.1) is 10.2 Å². The number of nitrogens with one attached hydrogen (secondary N) is 1. The van der Waals surface area contributed by atoms with Crippen LogP contribution < -0.4 is 11.1 Å². The lowest BCUT2D eigenvalue weighted by molar-refractivity contribution is 1.49. The van der Waals surface area contributed by atoms with Crippen LogP contribution in [-0.4, -0.2) is 12.0 Å². The van der Waals surface area contributed by atoms with Gasteiger partial charge in [-0.2, -0.15) is 0 Å². The molecule has 0 aliphatic heterocycles. The number of nitrogen functional groups attached to an aromatic ring is 1. The van der Waals surface area contributed by atoms with E-state index in [4.69, 9.17) is 5.73 Å². The standard InChI is InChI=1S/C14H13N3S/c1-16-11-5-2-9(3-6-11)10-4-7-12-13(8-10)18-14(15)17-12/h2-8,16H,1H3,(H2,15,17). The molecule has 0 aliphatic carbocycles. The Morgan fingerprint density at radius 3 is 2.50 bits per heavy atom. The first kappa shape index (κ1) is 11.0. The van der Waals surface area contributed by atoms with Crippen LogP contribution in [0.5, 0.6) is 0 Å². The van der Waals surface area contributed by atoms with Gasteiger partial charge >= 0.3 is 0 Å². The smallest absolute Gasteiger partial charge is 0.181 e. The van der Waals surface area contributed by atoms with Gasteiger partial charge in [0.15, 0.2) is 5.13 Å². The van der Waals surface area contributed by atoms with Crippen molar-refractivity contribution >= 4 is 32.4 Å². The molecule has 2 aromatic carbocycles. The highest BCUT2D eigenvalue weighted by Gasteiger charge is 2.03. The van der Waals surface area contributed by atoms with Crippen LogP contribution in [0.1, 0.15) is 0 Å². The Kier molecular flexibility index (Phi) is 2.64. The number of hydrogen-bond acceptors (Lipinski definition) is 4. The SMILES string of the molecule is CNc1ccc(-c2ccc3nc(N)sc3c2)cc1. The molecule has 1 aromatic heterocycles. The minimum Gasteiger partial charge on any atom is -0.388 e. The molecule has 0 spiro atoms. The number of rotatable bonds is 2. The van der Waals surface area contributed by atoms with Gasteiger partial charge in [-0.1, -0.05) is 29.5 Å². The lowest BCUT2D eigenvalue weighted by atomic mass is 10.1. The van der Waals surface area contributed by atoms with E-state index in [0.29, 0.717) is 5.13 Å². The number of thiazole rings is 1. The van der Waals surface area contributed by atoms with Crippen LogP contribution in [0.25, 0.3) is 21.3 Å². The number of aromatic nitrogens is 1. The normalized spacial score (nSPS) is 10.7. The molecule has 0 bridgehead atoms. The van der Waals surface area contributed by atoms with Crippen molar-refractivity contribution in [2.45, 2.75) is 0 Å². The summed E-state index contributed by atoms with van der Waals surface area (Å²) >= 11 is 1.52. The molecule has 3 N–H and O–H groups in total. The van der Waals surface area contributed by atoms with Crippen molar-refractivity contribution in [1.29, 1.82) is 0 Å². The summed E-state index contributed by atoms with van der Waals surface area (Å²) in [6.07, 6.45) is 0. The lowest BCUT2D eigenvalue weighted by Gasteiger charge is -2.04. The third-order valence-electron chi connectivity index (χ3n) is 2.91. The van der Waals surface area contributed by atoms with Crippen molar-refractivity contribution in [1.82, 2.24) is 4.98 Å². The van der Waals surface area contributed by atoms with E-state index >= 15 is 0 Å². The highest BCUT2D eigenvalue weighted by Crippen LogP contribution is 2.29. The molecular formula is C14H13N3S. The average molecular weight is 255 g/mol. The van der Waals surface area contributed by atoms with Gasteiger partial charge in [-0.3, -0.25) is 0 Å². The van der Waals surface area contributed by atoms with Gasteiger partial charge in [-0.05, 0) is 35.4 Å². The van der Waals surface area contributed by atoms with Crippen molar-refractivity contribution in [2.75, 3.05) is 18.1 Å². The van der Waals surface area contributed by atoms with Crippen molar-refractivity contribution in [2.24, 2.45) is 0 Å². The second-order valence-corrected chi connectivity index (χ2v) is 5.12. The van der Waals surface area contributed by atoms with Gasteiger partial charge in [-0.15, -0.1) is 0 Å². The average Bonchev–Trinajstić information content (AvgIpc) is 2.78. The fourth-order valence-electron chi connectivity index (χ4n) is 1.95. The first-order chi connectivity index (χ1) is 8.76. The van der Waals surface area contributed by atoms with E-state index in [1.807, 2.05) is 13.1 Å². The molecule has 0 atom stereocenters. The highest BCUT2D eigenvalue weighted by molar-refractivity contribution is 7.22. The van der Waals surface area contributed by atoms with E-state index in [1.54, 1.807) is 0 Å². The second-order valence-electron chi connectivity index (χ2n) is 4.06. The van der Waals surface area contributed by atoms with E-state index in [-0.39, 0.29) is 0 Å². The maximum atomic E-state index is 5.72. The number of nitrogens with zero attached hydrogens (tertiary/aromatic N) is 1. The van der Waals surface area contributed by atoms with Crippen molar-refractivity contribution in [3.63, 3.8) is 0 Å². The van der Waals surface area contributed by atoms with Crippen LogP contribution in [0.15, 0.2) is 42.5 Å². The summed E-state index contributed by atoms with van der Waals surface area (Å²) in [6.45, 7) is 0. The summed E-state index contributed by atoms with van der Waals surface area (Å²) in [6, 6.07) is 14.6. The predicted molar refractivity (Wildman–Crippen MR) is 79.0 cm³/mol. The zero-order valence-electron chi connectivity index (χ0n) is 9.97. The summed E-state index contributed by atoms with van der Waals surface area (Å²) in [5.41, 5.74) is 10.2. The maximum Gasteiger partial charge on any atom is 0.181 e. The molecule has 3 aromatic rings. The quantitative estimate of drug-likeness (QED) is 0.735. The Labute approximate surface area is 109 Å². The molecule has 3 rings (SSSR count). The summed E-state index contributed by atoms with van der Waals surface area (Å²) in [5.74, 6) is 0. The Morgan fingerprint density at radius 2 is 1.78 bits per heavy atom. The summed E-state index contributed by atoms with van der Waals surface area (Å²) < 4.78 is 1.13. The number of nitrogens with two attached hydrogens (primary N) is 1. The van der Waals surface area contributed by atoms with Gasteiger partial charge in [0.2, 0.25) is 0 Å². The summed E-state index contributed by atoms with van der Waals surface area (Å²) in [4.78, 5) is 4.26. The van der Waals surface area contributed by atoms with Gasteiger partial charge < -0.3 is 11.1 Å². The molecule has 1 heterocycles. The summed E-state index contributed by atoms with van der Waals surface area (Å²) in [7, 11) is 1.92. The lowest BCUT2D eigenvalue weighted by Crippen LogP contribution is -1.86. The van der Waals surface area contributed by atoms with Crippen LogP contribution in [0.4, 0.5) is 10.8 Å². The van der Waals surface area contributed by atoms with Crippen LogP contribution >= 0.6 is 11.3 Å². The van der Waals surface area contributed by atoms with Crippen LogP contribution in [-0.2, 0) is 0 Å². The Morgan fingerprint density at radius 1 is 1.06 bits per heavy atom. The second kappa shape index (κ2) is 4.31. The van der Waals surface area contributed by atoms with Crippen LogP contribution in [0, 0.1) is 0 Å². The van der Waals surface area contributed by atoms with Crippen molar-refractivity contribution in [3.8, 4) is 11.1 Å². The van der Waals surface area contributed by atoms with E-state index in [9.17, 15) is 0 Å². The molecule has 0 amide bonds. The van der Waals surface area contributed by atoms with Crippen molar-refractivity contribution in [3.05, 3.63) is 42.5 Å². The molecule has 4 heteroatoms. The fourth-order valence-corrected chi connectivity index (χ4v) is 2.72. The number of anilines is 2. The first-order valence-corrected chi connectivity index (χ1v) is 6.52. The van der Waals surface area contributed by atoms with Gasteiger partial charge in [0.25, 0.3) is 0 Å². The molecule has 0 unspecified atom stereocenters. The fraction of sp³-hybridized carbons (Fsp3) is 0.0714. The third-order valence-corrected chi connectivity index (χ3v) is 3.76. The molecule has 0 fully saturated rings. The Bertz CT molecular complexity index is 686. The van der Waals surface area contributed by atoms with E-state index in [1.165, 1.54) is 22.5 Å². The number of fused-ring (bicyclic) bond motifs is 1. The number of benzene rings is 2. The molecule has 3 nitrogen and oxygen atoms in total. The first-order valence-electron chi connectivity index (χ1n) is 5.70. The zero-order chi connectivity index (χ0) is 12.5. The monoisotopic (exact) mass is 255 g/mol. The zero-order valence-corrected chi connectivity index (χ0v) is 10.8. The van der Waals surface area contributed by atoms with Gasteiger partial charge in [0.1, 0.15) is 0 Å². The predicted octanol–water partition coefficient (Wildman–Crippen LogP) is 3.59. The Hall–Kier alpha value is -2.07. The van der Waals surface area contributed by atoms with Gasteiger partial charge in [0, 0.05) is 12.7 Å². The molecule has 90 valence electrons. The van der Waals surface area contributed by atoms with Crippen LogP contribution in [0.2, 0.25) is 0 Å². The minimum absolute atomic E-state index is 0.618. The Balaban J connectivity index is 2.06. The van der Waals surface area contributed by atoms with E-state index < -0.39 is 0 Å². The highest BCUT2D eigenvalue weighted by atomic mass is 32.1. The van der Waals surface area contributed by atoms with E-state index in [0.717, 1.165) is 15.9 Å². The molecule has 0 radical (unpaired) electrons. The van der Waals surface area contributed by atoms with Crippen molar-refractivity contribution < 1.29 is 0 Å². The molecule has 0 saturated heterocycles. The number of hydrogen-bond donors (Lipinski definition) is 2. The summed E-state index contributed by atoms with van der Waals surface area (Å²) in [5, 5.41) is 3.73. The molecule has 0 aliphatic rings. The molecular weight excluding hydrogens is 242 g/mol. The molecule has 18 heavy (non-hydrogen) atoms. The topological polar surface area (TPSA) is 50.9 Å².